The standard InChI is InChI=1S/C19H22FN5O4/c1-4-12-14-15(29-19(2,3)28-14)18(27-12)25-9-23-13-16(21-8-22-17(13)25)24-11-5-10(20)6-26-7-11/h1,8-12,14-15,18H,5-7H2,2-3H3,(H,21,22,24). The van der Waals surface area contributed by atoms with E-state index in [1.165, 1.54) is 6.33 Å². The minimum absolute atomic E-state index is 0.127. The number of ether oxygens (including phenoxy) is 4. The number of aromatic nitrogens is 4. The van der Waals surface area contributed by atoms with Crippen LogP contribution in [0.4, 0.5) is 10.2 Å². The lowest BCUT2D eigenvalue weighted by Gasteiger charge is -2.26. The number of rotatable bonds is 3. The van der Waals surface area contributed by atoms with Gasteiger partial charge in [-0.2, -0.15) is 0 Å². The van der Waals surface area contributed by atoms with Crippen LogP contribution in [0, 0.1) is 12.3 Å². The van der Waals surface area contributed by atoms with Gasteiger partial charge in [-0.25, -0.2) is 19.3 Å². The first-order valence-corrected chi connectivity index (χ1v) is 9.58. The number of halogens is 1. The van der Waals surface area contributed by atoms with Crippen LogP contribution in [0.15, 0.2) is 12.7 Å². The monoisotopic (exact) mass is 403 g/mol. The number of nitrogens with zero attached hydrogens (tertiary/aromatic N) is 4. The third-order valence-corrected chi connectivity index (χ3v) is 5.33. The van der Waals surface area contributed by atoms with Crippen LogP contribution >= 0.6 is 0 Å². The van der Waals surface area contributed by atoms with Crippen molar-refractivity contribution in [2.24, 2.45) is 0 Å². The zero-order chi connectivity index (χ0) is 20.2. The number of hydrogen-bond donors (Lipinski definition) is 1. The molecule has 6 atom stereocenters. The summed E-state index contributed by atoms with van der Waals surface area (Å²) in [7, 11) is 0. The zero-order valence-corrected chi connectivity index (χ0v) is 16.1. The van der Waals surface area contributed by atoms with E-state index in [1.54, 1.807) is 10.9 Å². The normalized spacial score (nSPS) is 36.1. The number of imidazole rings is 1. The summed E-state index contributed by atoms with van der Waals surface area (Å²) < 4.78 is 38.7. The van der Waals surface area contributed by atoms with Crippen LogP contribution in [0.5, 0.6) is 0 Å². The Morgan fingerprint density at radius 3 is 2.86 bits per heavy atom. The number of hydrogen-bond acceptors (Lipinski definition) is 8. The predicted molar refractivity (Wildman–Crippen MR) is 99.6 cm³/mol. The fourth-order valence-electron chi connectivity index (χ4n) is 4.16. The number of fused-ring (bicyclic) bond motifs is 2. The minimum Gasteiger partial charge on any atom is -0.376 e. The molecule has 0 bridgehead atoms. The van der Waals surface area contributed by atoms with Gasteiger partial charge in [0.15, 0.2) is 29.0 Å². The molecule has 2 aromatic rings. The van der Waals surface area contributed by atoms with Crippen LogP contribution in [0.1, 0.15) is 26.5 Å². The average Bonchev–Trinajstić information content (AvgIpc) is 3.33. The molecule has 9 nitrogen and oxygen atoms in total. The van der Waals surface area contributed by atoms with Crippen molar-refractivity contribution in [2.75, 3.05) is 18.5 Å². The Morgan fingerprint density at radius 1 is 1.24 bits per heavy atom. The summed E-state index contributed by atoms with van der Waals surface area (Å²) in [5.41, 5.74) is 1.11. The summed E-state index contributed by atoms with van der Waals surface area (Å²) in [6.45, 7) is 4.22. The van der Waals surface area contributed by atoms with Crippen molar-refractivity contribution < 1.29 is 23.3 Å². The van der Waals surface area contributed by atoms with E-state index < -0.39 is 30.4 Å². The van der Waals surface area contributed by atoms with E-state index >= 15 is 0 Å². The molecule has 29 heavy (non-hydrogen) atoms. The smallest absolute Gasteiger partial charge is 0.167 e. The number of terminal acetylenes is 1. The molecule has 5 heterocycles. The number of nitrogens with one attached hydrogen (secondary N) is 1. The maximum Gasteiger partial charge on any atom is 0.167 e. The van der Waals surface area contributed by atoms with Crippen LogP contribution in [0.2, 0.25) is 0 Å². The van der Waals surface area contributed by atoms with Crippen LogP contribution in [-0.4, -0.2) is 69.0 Å². The van der Waals surface area contributed by atoms with E-state index in [1.807, 2.05) is 13.8 Å². The van der Waals surface area contributed by atoms with E-state index in [-0.39, 0.29) is 18.8 Å². The van der Waals surface area contributed by atoms with Gasteiger partial charge in [0, 0.05) is 6.42 Å². The fourth-order valence-corrected chi connectivity index (χ4v) is 4.16. The first-order chi connectivity index (χ1) is 13.9. The first-order valence-electron chi connectivity index (χ1n) is 9.58. The van der Waals surface area contributed by atoms with Gasteiger partial charge in [-0.05, 0) is 13.8 Å². The van der Waals surface area contributed by atoms with Crippen molar-refractivity contribution in [3.8, 4) is 12.3 Å². The molecule has 3 aliphatic rings. The van der Waals surface area contributed by atoms with Crippen molar-refractivity contribution in [1.82, 2.24) is 19.5 Å². The molecule has 3 aliphatic heterocycles. The molecule has 2 aromatic heterocycles. The summed E-state index contributed by atoms with van der Waals surface area (Å²) in [4.78, 5) is 13.1. The lowest BCUT2D eigenvalue weighted by Crippen LogP contribution is -2.36. The number of anilines is 1. The Bertz CT molecular complexity index is 960. The Kier molecular flexibility index (Phi) is 4.43. The first kappa shape index (κ1) is 18.7. The largest absolute Gasteiger partial charge is 0.376 e. The molecule has 0 amide bonds. The van der Waals surface area contributed by atoms with Crippen LogP contribution in [-0.2, 0) is 18.9 Å². The van der Waals surface area contributed by atoms with E-state index in [4.69, 9.17) is 25.4 Å². The molecule has 0 aromatic carbocycles. The highest BCUT2D eigenvalue weighted by Gasteiger charge is 2.55. The molecule has 0 radical (unpaired) electrons. The molecule has 154 valence electrons. The minimum atomic E-state index is -0.997. The Balaban J connectivity index is 1.45. The van der Waals surface area contributed by atoms with Gasteiger partial charge in [-0.15, -0.1) is 6.42 Å². The van der Waals surface area contributed by atoms with E-state index in [0.29, 0.717) is 30.0 Å². The average molecular weight is 403 g/mol. The summed E-state index contributed by atoms with van der Waals surface area (Å²) in [6.07, 6.45) is 6.19. The maximum atomic E-state index is 13.6. The van der Waals surface area contributed by atoms with Gasteiger partial charge in [0.05, 0.1) is 25.6 Å². The SMILES string of the molecule is C#CC1OC(n2cnc3c(NC4COCC(F)C4)ncnc32)C2OC(C)(C)OC12. The third kappa shape index (κ3) is 3.24. The van der Waals surface area contributed by atoms with Crippen molar-refractivity contribution in [3.05, 3.63) is 12.7 Å². The predicted octanol–water partition coefficient (Wildman–Crippen LogP) is 1.42. The second-order valence-corrected chi connectivity index (χ2v) is 7.94. The molecule has 1 N–H and O–H groups in total. The highest BCUT2D eigenvalue weighted by molar-refractivity contribution is 5.82. The summed E-state index contributed by atoms with van der Waals surface area (Å²) in [6, 6.07) is -0.188. The summed E-state index contributed by atoms with van der Waals surface area (Å²) >= 11 is 0. The van der Waals surface area contributed by atoms with Gasteiger partial charge in [-0.3, -0.25) is 4.57 Å². The highest BCUT2D eigenvalue weighted by atomic mass is 19.1. The lowest BCUT2D eigenvalue weighted by molar-refractivity contribution is -0.190. The highest BCUT2D eigenvalue weighted by Crippen LogP contribution is 2.43. The van der Waals surface area contributed by atoms with Gasteiger partial charge in [0.1, 0.15) is 30.8 Å². The van der Waals surface area contributed by atoms with E-state index in [0.717, 1.165) is 0 Å². The molecule has 0 aliphatic carbocycles. The second kappa shape index (κ2) is 6.88. The molecule has 0 spiro atoms. The van der Waals surface area contributed by atoms with Crippen molar-refractivity contribution >= 4 is 17.0 Å². The van der Waals surface area contributed by atoms with Gasteiger partial charge in [0.2, 0.25) is 0 Å². The van der Waals surface area contributed by atoms with Gasteiger partial charge in [0.25, 0.3) is 0 Å². The van der Waals surface area contributed by atoms with Crippen LogP contribution < -0.4 is 5.32 Å². The van der Waals surface area contributed by atoms with Gasteiger partial charge >= 0.3 is 0 Å². The topological polar surface area (TPSA) is 92.6 Å². The zero-order valence-electron chi connectivity index (χ0n) is 16.1. The molecular weight excluding hydrogens is 381 g/mol. The maximum absolute atomic E-state index is 13.6. The summed E-state index contributed by atoms with van der Waals surface area (Å²) in [5, 5.41) is 3.22. The summed E-state index contributed by atoms with van der Waals surface area (Å²) in [5.74, 6) is 2.39. The molecule has 6 unspecified atom stereocenters. The molecule has 0 saturated carbocycles. The van der Waals surface area contributed by atoms with E-state index in [9.17, 15) is 4.39 Å². The van der Waals surface area contributed by atoms with Crippen LogP contribution in [0.25, 0.3) is 11.2 Å². The third-order valence-electron chi connectivity index (χ3n) is 5.33. The molecular formula is C19H22FN5O4. The fraction of sp³-hybridized carbons (Fsp3) is 0.632. The van der Waals surface area contributed by atoms with Crippen molar-refractivity contribution in [1.29, 1.82) is 0 Å². The molecule has 5 rings (SSSR count). The lowest BCUT2D eigenvalue weighted by atomic mass is 10.1. The van der Waals surface area contributed by atoms with Gasteiger partial charge in [-0.1, -0.05) is 5.92 Å². The molecule has 3 fully saturated rings. The van der Waals surface area contributed by atoms with Crippen molar-refractivity contribution in [2.45, 2.75) is 62.8 Å². The van der Waals surface area contributed by atoms with Crippen molar-refractivity contribution in [3.63, 3.8) is 0 Å². The second-order valence-electron chi connectivity index (χ2n) is 7.94. The number of alkyl halides is 1. The molecule has 3 saturated heterocycles. The Labute approximate surface area is 166 Å². The van der Waals surface area contributed by atoms with E-state index in [2.05, 4.69) is 26.2 Å². The Hall–Kier alpha value is -2.32. The van der Waals surface area contributed by atoms with Crippen LogP contribution in [0.3, 0.4) is 0 Å². The van der Waals surface area contributed by atoms with Gasteiger partial charge < -0.3 is 24.3 Å². The molecule has 10 heteroatoms. The Morgan fingerprint density at radius 2 is 2.07 bits per heavy atom. The quantitative estimate of drug-likeness (QED) is 0.770.